The number of likely N-dealkylation sites (N-methyl/N-ethyl adjacent to an activating group) is 1. The molecule has 0 radical (unpaired) electrons. The summed E-state index contributed by atoms with van der Waals surface area (Å²) < 4.78 is -0.679. The number of aliphatic carboxylic acids is 1. The van der Waals surface area contributed by atoms with E-state index in [1.807, 2.05) is 18.0 Å². The van der Waals surface area contributed by atoms with Crippen molar-refractivity contribution in [3.63, 3.8) is 0 Å². The zero-order chi connectivity index (χ0) is 24.6. The third-order valence-electron chi connectivity index (χ3n) is 6.64. The lowest BCUT2D eigenvalue weighted by molar-refractivity contribution is -0.161. The Balaban J connectivity index is 1.44. The first kappa shape index (κ1) is 24.5. The second-order valence-electron chi connectivity index (χ2n) is 9.58. The van der Waals surface area contributed by atoms with E-state index in [-0.39, 0.29) is 12.5 Å². The van der Waals surface area contributed by atoms with Crippen LogP contribution in [-0.2, 0) is 19.2 Å². The van der Waals surface area contributed by atoms with Gasteiger partial charge in [0.25, 0.3) is 0 Å². The monoisotopic (exact) mass is 489 g/mol. The molecular formula is C23H31N5O5S. The van der Waals surface area contributed by atoms with E-state index >= 15 is 0 Å². The number of piperazine rings is 1. The second-order valence-corrected chi connectivity index (χ2v) is 11.3. The highest BCUT2D eigenvalue weighted by Gasteiger charge is 2.64. The average Bonchev–Trinajstić information content (AvgIpc) is 3.05. The van der Waals surface area contributed by atoms with Gasteiger partial charge in [-0.3, -0.25) is 19.3 Å². The largest absolute Gasteiger partial charge is 0.480 e. The molecule has 184 valence electrons. The molecule has 3 aliphatic heterocycles. The Morgan fingerprint density at radius 2 is 1.79 bits per heavy atom. The summed E-state index contributed by atoms with van der Waals surface area (Å²) in [5.41, 5.74) is 0.609. The molecule has 3 saturated heterocycles. The van der Waals surface area contributed by atoms with Crippen molar-refractivity contribution in [1.29, 1.82) is 0 Å². The van der Waals surface area contributed by atoms with Crippen LogP contribution in [0.1, 0.15) is 25.5 Å². The maximum Gasteiger partial charge on any atom is 0.327 e. The van der Waals surface area contributed by atoms with Crippen LogP contribution in [0.3, 0.4) is 0 Å². The molecule has 0 aromatic heterocycles. The van der Waals surface area contributed by atoms with Crippen LogP contribution < -0.4 is 10.6 Å². The fourth-order valence-corrected chi connectivity index (χ4v) is 6.37. The van der Waals surface area contributed by atoms with Gasteiger partial charge in [0.05, 0.1) is 6.54 Å². The molecule has 3 fully saturated rings. The van der Waals surface area contributed by atoms with Crippen LogP contribution in [0.5, 0.6) is 0 Å². The van der Waals surface area contributed by atoms with Crippen LogP contribution in [0.15, 0.2) is 30.3 Å². The number of carboxylic acids is 1. The maximum atomic E-state index is 13.3. The zero-order valence-corrected chi connectivity index (χ0v) is 20.4. The van der Waals surface area contributed by atoms with Crippen molar-refractivity contribution in [1.82, 2.24) is 25.3 Å². The van der Waals surface area contributed by atoms with Crippen LogP contribution in [0.2, 0.25) is 0 Å². The van der Waals surface area contributed by atoms with Gasteiger partial charge in [-0.05, 0) is 26.5 Å². The first-order chi connectivity index (χ1) is 16.1. The molecule has 10 nitrogen and oxygen atoms in total. The van der Waals surface area contributed by atoms with Gasteiger partial charge in [-0.2, -0.15) is 0 Å². The standard InChI is InChI=1S/C23H31N5O5S/c1-23(2)18(22(32)33)28-20(31)17(21(28)34-23)25-19(30)16(14-7-5-4-6-8-14)24-15(29)13-27-11-9-26(3)10-12-27/h4-8,16-18,21H,9-13H2,1-3H3,(H,24,29)(H,25,30)(H,32,33)/t16-,17-,18+,21-/m1/s1. The van der Waals surface area contributed by atoms with Crippen molar-refractivity contribution in [3.05, 3.63) is 35.9 Å². The first-order valence-corrected chi connectivity index (χ1v) is 12.2. The van der Waals surface area contributed by atoms with Gasteiger partial charge in [0.1, 0.15) is 23.5 Å². The molecule has 11 heteroatoms. The molecule has 1 aromatic rings. The van der Waals surface area contributed by atoms with E-state index in [9.17, 15) is 24.3 Å². The minimum atomic E-state index is -1.06. The van der Waals surface area contributed by atoms with Crippen molar-refractivity contribution in [3.8, 4) is 0 Å². The number of nitrogens with zero attached hydrogens (tertiary/aromatic N) is 3. The number of benzene rings is 1. The fraction of sp³-hybridized carbons (Fsp3) is 0.565. The number of carbonyl (C=O) groups excluding carboxylic acids is 3. The van der Waals surface area contributed by atoms with E-state index in [1.165, 1.54) is 16.7 Å². The Kier molecular flexibility index (Phi) is 6.88. The minimum Gasteiger partial charge on any atom is -0.480 e. The first-order valence-electron chi connectivity index (χ1n) is 11.4. The lowest BCUT2D eigenvalue weighted by atomic mass is 9.95. The van der Waals surface area contributed by atoms with E-state index in [1.54, 1.807) is 38.1 Å². The highest BCUT2D eigenvalue weighted by atomic mass is 32.2. The van der Waals surface area contributed by atoms with Crippen LogP contribution in [0, 0.1) is 0 Å². The van der Waals surface area contributed by atoms with E-state index in [0.717, 1.165) is 26.2 Å². The van der Waals surface area contributed by atoms with Gasteiger partial charge in [0.2, 0.25) is 17.7 Å². The van der Waals surface area contributed by atoms with Gasteiger partial charge in [-0.25, -0.2) is 4.79 Å². The molecule has 0 saturated carbocycles. The van der Waals surface area contributed by atoms with Crippen molar-refractivity contribution in [2.45, 2.75) is 42.1 Å². The molecule has 3 heterocycles. The van der Waals surface area contributed by atoms with Crippen LogP contribution in [0.25, 0.3) is 0 Å². The number of fused-ring (bicyclic) bond motifs is 1. The quantitative estimate of drug-likeness (QED) is 0.447. The SMILES string of the molecule is CN1CCN(CC(=O)N[C@@H](C(=O)N[C@@H]2C(=O)N3[C@@H]2SC(C)(C)[C@@H]3C(=O)O)c2ccccc2)CC1. The van der Waals surface area contributed by atoms with Gasteiger partial charge in [-0.1, -0.05) is 30.3 Å². The number of carbonyl (C=O) groups is 4. The summed E-state index contributed by atoms with van der Waals surface area (Å²) in [7, 11) is 2.04. The Labute approximate surface area is 203 Å². The van der Waals surface area contributed by atoms with Gasteiger partial charge < -0.3 is 25.5 Å². The van der Waals surface area contributed by atoms with E-state index in [4.69, 9.17) is 0 Å². The van der Waals surface area contributed by atoms with Gasteiger partial charge in [-0.15, -0.1) is 11.8 Å². The topological polar surface area (TPSA) is 122 Å². The van der Waals surface area contributed by atoms with Crippen molar-refractivity contribution in [2.24, 2.45) is 0 Å². The summed E-state index contributed by atoms with van der Waals surface area (Å²) in [5, 5.41) is 14.7. The summed E-state index contributed by atoms with van der Waals surface area (Å²) in [6.07, 6.45) is 0. The molecule has 3 N–H and O–H groups in total. The number of thioether (sulfide) groups is 1. The number of hydrogen-bond donors (Lipinski definition) is 3. The van der Waals surface area contributed by atoms with Crippen LogP contribution in [-0.4, -0.2) is 105 Å². The predicted octanol–water partition coefficient (Wildman–Crippen LogP) is -0.277. The molecule has 3 amide bonds. The van der Waals surface area contributed by atoms with Crippen LogP contribution >= 0.6 is 11.8 Å². The molecule has 4 atom stereocenters. The number of nitrogens with one attached hydrogen (secondary N) is 2. The Bertz CT molecular complexity index is 966. The number of amides is 3. The van der Waals surface area contributed by atoms with Gasteiger partial charge in [0.15, 0.2) is 0 Å². The smallest absolute Gasteiger partial charge is 0.327 e. The molecule has 0 aliphatic carbocycles. The summed E-state index contributed by atoms with van der Waals surface area (Å²) in [4.78, 5) is 56.2. The molecule has 3 aliphatic rings. The van der Waals surface area contributed by atoms with E-state index in [0.29, 0.717) is 5.56 Å². The summed E-state index contributed by atoms with van der Waals surface area (Å²) in [5.74, 6) is -2.23. The molecule has 4 rings (SSSR count). The average molecular weight is 490 g/mol. The fourth-order valence-electron chi connectivity index (χ4n) is 4.74. The normalized spacial score (nSPS) is 27.4. The summed E-state index contributed by atoms with van der Waals surface area (Å²) in [6.45, 7) is 7.06. The minimum absolute atomic E-state index is 0.188. The Morgan fingerprint density at radius 1 is 1.15 bits per heavy atom. The highest BCUT2D eigenvalue weighted by Crippen LogP contribution is 2.50. The number of rotatable bonds is 7. The number of carboxylic acid groups (broad SMARTS) is 1. The Morgan fingerprint density at radius 3 is 2.41 bits per heavy atom. The molecule has 34 heavy (non-hydrogen) atoms. The second kappa shape index (κ2) is 9.55. The Hall–Kier alpha value is -2.63. The summed E-state index contributed by atoms with van der Waals surface area (Å²) >= 11 is 1.36. The number of β-lactam (4-membered cyclic amide) rings is 1. The molecule has 0 unspecified atom stereocenters. The van der Waals surface area contributed by atoms with Crippen molar-refractivity contribution < 1.29 is 24.3 Å². The zero-order valence-electron chi connectivity index (χ0n) is 19.6. The molecule has 0 bridgehead atoms. The maximum absolute atomic E-state index is 13.3. The molecular weight excluding hydrogens is 458 g/mol. The van der Waals surface area contributed by atoms with Crippen molar-refractivity contribution >= 4 is 35.5 Å². The third-order valence-corrected chi connectivity index (χ3v) is 8.21. The van der Waals surface area contributed by atoms with Crippen molar-refractivity contribution in [2.75, 3.05) is 39.8 Å². The van der Waals surface area contributed by atoms with Gasteiger partial charge in [0, 0.05) is 30.9 Å². The third kappa shape index (κ3) is 4.77. The summed E-state index contributed by atoms with van der Waals surface area (Å²) in [6, 6.07) is 6.15. The predicted molar refractivity (Wildman–Crippen MR) is 127 cm³/mol. The van der Waals surface area contributed by atoms with Crippen LogP contribution in [0.4, 0.5) is 0 Å². The lowest BCUT2D eigenvalue weighted by Gasteiger charge is -2.44. The molecule has 0 spiro atoms. The lowest BCUT2D eigenvalue weighted by Crippen LogP contribution is -2.71. The highest BCUT2D eigenvalue weighted by molar-refractivity contribution is 8.01. The van der Waals surface area contributed by atoms with E-state index < -0.39 is 46.0 Å². The molecule has 1 aromatic carbocycles. The van der Waals surface area contributed by atoms with Gasteiger partial charge >= 0.3 is 5.97 Å². The number of hydrogen-bond acceptors (Lipinski definition) is 7. The van der Waals surface area contributed by atoms with E-state index in [2.05, 4.69) is 15.5 Å².